The fraction of sp³-hybridized carbons (Fsp3) is 0.353. The van der Waals surface area contributed by atoms with Crippen LogP contribution in [0, 0.1) is 5.82 Å². The number of ether oxygens (including phenoxy) is 1. The maximum atomic E-state index is 13.9. The van der Waals surface area contributed by atoms with Crippen molar-refractivity contribution in [3.05, 3.63) is 36.5 Å². The zero-order valence-corrected chi connectivity index (χ0v) is 13.9. The molecule has 0 atom stereocenters. The van der Waals surface area contributed by atoms with E-state index in [0.717, 1.165) is 37.0 Å². The number of fused-ring (bicyclic) bond motifs is 1. The minimum Gasteiger partial charge on any atom is -0.494 e. The summed E-state index contributed by atoms with van der Waals surface area (Å²) in [6.07, 6.45) is 5.31. The molecule has 25 heavy (non-hydrogen) atoms. The summed E-state index contributed by atoms with van der Waals surface area (Å²) in [5, 5.41) is 11.8. The van der Waals surface area contributed by atoms with Crippen LogP contribution in [-0.2, 0) is 0 Å². The highest BCUT2D eigenvalue weighted by molar-refractivity contribution is 5.88. The molecule has 0 amide bonds. The summed E-state index contributed by atoms with van der Waals surface area (Å²) in [6, 6.07) is 5.03. The summed E-state index contributed by atoms with van der Waals surface area (Å²) in [5.74, 6) is 0.384. The van der Waals surface area contributed by atoms with Gasteiger partial charge in [-0.2, -0.15) is 5.10 Å². The molecule has 0 aliphatic carbocycles. The van der Waals surface area contributed by atoms with E-state index in [4.69, 9.17) is 4.74 Å². The van der Waals surface area contributed by atoms with Gasteiger partial charge in [-0.25, -0.2) is 19.0 Å². The van der Waals surface area contributed by atoms with Crippen LogP contribution in [0.25, 0.3) is 11.0 Å². The number of hydrogen-bond donors (Lipinski definition) is 2. The summed E-state index contributed by atoms with van der Waals surface area (Å²) in [4.78, 5) is 8.69. The van der Waals surface area contributed by atoms with Crippen molar-refractivity contribution in [2.75, 3.05) is 25.5 Å². The first kappa shape index (κ1) is 15.8. The Balaban J connectivity index is 1.66. The SMILES string of the molecule is COc1ccc(Nc2ncnc3c2cnn3C2CCNCC2)cc1F. The van der Waals surface area contributed by atoms with Crippen molar-refractivity contribution in [1.29, 1.82) is 0 Å². The molecule has 8 heteroatoms. The number of aromatic nitrogens is 4. The number of methoxy groups -OCH3 is 1. The summed E-state index contributed by atoms with van der Waals surface area (Å²) in [7, 11) is 1.44. The zero-order chi connectivity index (χ0) is 17.2. The van der Waals surface area contributed by atoms with Gasteiger partial charge in [0.15, 0.2) is 17.2 Å². The predicted molar refractivity (Wildman–Crippen MR) is 92.7 cm³/mol. The van der Waals surface area contributed by atoms with Crippen molar-refractivity contribution in [3.63, 3.8) is 0 Å². The largest absolute Gasteiger partial charge is 0.494 e. The molecule has 1 aliphatic rings. The van der Waals surface area contributed by atoms with E-state index in [1.165, 1.54) is 19.5 Å². The minimum absolute atomic E-state index is 0.206. The second kappa shape index (κ2) is 6.64. The Morgan fingerprint density at radius 3 is 2.88 bits per heavy atom. The Morgan fingerprint density at radius 2 is 2.12 bits per heavy atom. The van der Waals surface area contributed by atoms with Gasteiger partial charge in [-0.15, -0.1) is 0 Å². The molecular weight excluding hydrogens is 323 g/mol. The Bertz CT molecular complexity index is 890. The summed E-state index contributed by atoms with van der Waals surface area (Å²) in [5.41, 5.74) is 1.38. The van der Waals surface area contributed by atoms with Crippen LogP contribution in [0.2, 0.25) is 0 Å². The van der Waals surface area contributed by atoms with Crippen molar-refractivity contribution in [3.8, 4) is 5.75 Å². The summed E-state index contributed by atoms with van der Waals surface area (Å²) >= 11 is 0. The number of nitrogens with one attached hydrogen (secondary N) is 2. The van der Waals surface area contributed by atoms with E-state index < -0.39 is 5.82 Å². The molecule has 7 nitrogen and oxygen atoms in total. The Hall–Kier alpha value is -2.74. The quantitative estimate of drug-likeness (QED) is 0.759. The molecule has 2 N–H and O–H groups in total. The van der Waals surface area contributed by atoms with Crippen LogP contribution in [0.15, 0.2) is 30.7 Å². The molecule has 0 radical (unpaired) electrons. The van der Waals surface area contributed by atoms with Crippen LogP contribution >= 0.6 is 0 Å². The highest BCUT2D eigenvalue weighted by Crippen LogP contribution is 2.28. The summed E-state index contributed by atoms with van der Waals surface area (Å²) in [6.45, 7) is 1.96. The van der Waals surface area contributed by atoms with E-state index in [2.05, 4.69) is 25.7 Å². The third kappa shape index (κ3) is 3.00. The first-order chi connectivity index (χ1) is 12.3. The second-order valence-corrected chi connectivity index (χ2v) is 6.00. The Morgan fingerprint density at radius 1 is 1.28 bits per heavy atom. The second-order valence-electron chi connectivity index (χ2n) is 6.00. The molecule has 2 aromatic heterocycles. The number of piperidine rings is 1. The standard InChI is InChI=1S/C17H19FN6O/c1-25-15-3-2-11(8-14(15)18)23-16-13-9-22-24(17(13)21-10-20-16)12-4-6-19-7-5-12/h2-3,8-10,12,19H,4-7H2,1H3,(H,20,21,23). The van der Waals surface area contributed by atoms with E-state index in [0.29, 0.717) is 17.5 Å². The number of benzene rings is 1. The van der Waals surface area contributed by atoms with Crippen LogP contribution in [0.4, 0.5) is 15.9 Å². The molecule has 0 unspecified atom stereocenters. The van der Waals surface area contributed by atoms with Gasteiger partial charge in [-0.3, -0.25) is 0 Å². The van der Waals surface area contributed by atoms with Gasteiger partial charge in [-0.05, 0) is 38.1 Å². The first-order valence-corrected chi connectivity index (χ1v) is 8.26. The predicted octanol–water partition coefficient (Wildman–Crippen LogP) is 2.64. The van der Waals surface area contributed by atoms with Crippen molar-refractivity contribution in [2.45, 2.75) is 18.9 Å². The number of nitrogens with zero attached hydrogens (tertiary/aromatic N) is 4. The first-order valence-electron chi connectivity index (χ1n) is 8.26. The molecule has 130 valence electrons. The van der Waals surface area contributed by atoms with Gasteiger partial charge in [0.2, 0.25) is 0 Å². The molecular formula is C17H19FN6O. The molecule has 1 aromatic carbocycles. The average molecular weight is 342 g/mol. The maximum Gasteiger partial charge on any atom is 0.167 e. The lowest BCUT2D eigenvalue weighted by Gasteiger charge is -2.23. The van der Waals surface area contributed by atoms with Gasteiger partial charge < -0.3 is 15.4 Å². The molecule has 0 bridgehead atoms. The monoisotopic (exact) mass is 342 g/mol. The molecule has 4 rings (SSSR count). The van der Waals surface area contributed by atoms with Gasteiger partial charge in [0.25, 0.3) is 0 Å². The van der Waals surface area contributed by atoms with Gasteiger partial charge in [-0.1, -0.05) is 0 Å². The number of halogens is 1. The number of hydrogen-bond acceptors (Lipinski definition) is 6. The van der Waals surface area contributed by atoms with E-state index in [1.807, 2.05) is 4.68 Å². The molecule has 1 fully saturated rings. The summed E-state index contributed by atoms with van der Waals surface area (Å²) < 4.78 is 20.8. The van der Waals surface area contributed by atoms with Crippen LogP contribution in [0.3, 0.4) is 0 Å². The lowest BCUT2D eigenvalue weighted by molar-refractivity contribution is 0.349. The molecule has 3 aromatic rings. The molecule has 0 spiro atoms. The van der Waals surface area contributed by atoms with E-state index in [9.17, 15) is 4.39 Å². The van der Waals surface area contributed by atoms with Crippen molar-refractivity contribution < 1.29 is 9.13 Å². The van der Waals surface area contributed by atoms with Crippen molar-refractivity contribution in [2.24, 2.45) is 0 Å². The van der Waals surface area contributed by atoms with E-state index >= 15 is 0 Å². The zero-order valence-electron chi connectivity index (χ0n) is 13.9. The minimum atomic E-state index is -0.428. The fourth-order valence-corrected chi connectivity index (χ4v) is 3.16. The van der Waals surface area contributed by atoms with Crippen LogP contribution in [0.1, 0.15) is 18.9 Å². The highest BCUT2D eigenvalue weighted by atomic mass is 19.1. The number of anilines is 2. The maximum absolute atomic E-state index is 13.9. The number of rotatable bonds is 4. The Kier molecular flexibility index (Phi) is 4.19. The molecule has 3 heterocycles. The van der Waals surface area contributed by atoms with Gasteiger partial charge >= 0.3 is 0 Å². The third-order valence-corrected chi connectivity index (χ3v) is 4.46. The topological polar surface area (TPSA) is 76.9 Å². The lowest BCUT2D eigenvalue weighted by atomic mass is 10.1. The van der Waals surface area contributed by atoms with Crippen LogP contribution < -0.4 is 15.4 Å². The fourth-order valence-electron chi connectivity index (χ4n) is 3.16. The normalized spacial score (nSPS) is 15.4. The highest BCUT2D eigenvalue weighted by Gasteiger charge is 2.19. The molecule has 1 aliphatic heterocycles. The molecule has 0 saturated carbocycles. The lowest BCUT2D eigenvalue weighted by Crippen LogP contribution is -2.29. The van der Waals surface area contributed by atoms with Crippen molar-refractivity contribution >= 4 is 22.5 Å². The van der Waals surface area contributed by atoms with Crippen LogP contribution in [-0.4, -0.2) is 39.9 Å². The van der Waals surface area contributed by atoms with Crippen molar-refractivity contribution in [1.82, 2.24) is 25.1 Å². The van der Waals surface area contributed by atoms with Gasteiger partial charge in [0, 0.05) is 11.8 Å². The van der Waals surface area contributed by atoms with Crippen LogP contribution in [0.5, 0.6) is 5.75 Å². The molecule has 1 saturated heterocycles. The van der Waals surface area contributed by atoms with E-state index in [-0.39, 0.29) is 5.75 Å². The Labute approximate surface area is 144 Å². The smallest absolute Gasteiger partial charge is 0.167 e. The van der Waals surface area contributed by atoms with E-state index in [1.54, 1.807) is 18.3 Å². The van der Waals surface area contributed by atoms with Gasteiger partial charge in [0.05, 0.1) is 24.7 Å². The average Bonchev–Trinajstić information content (AvgIpc) is 3.08. The third-order valence-electron chi connectivity index (χ3n) is 4.46. The van der Waals surface area contributed by atoms with Gasteiger partial charge in [0.1, 0.15) is 12.1 Å².